The van der Waals surface area contributed by atoms with Crippen LogP contribution in [-0.2, 0) is 26.5 Å². The second kappa shape index (κ2) is 6.63. The summed E-state index contributed by atoms with van der Waals surface area (Å²) in [4.78, 5) is 0. The Morgan fingerprint density at radius 2 is 2.14 bits per heavy atom. The van der Waals surface area contributed by atoms with E-state index >= 15 is 0 Å². The maximum absolute atomic E-state index is 8.43. The molecular formula is C4H10O2Ti. The van der Waals surface area contributed by atoms with Crippen molar-refractivity contribution in [2.24, 2.45) is 0 Å². The van der Waals surface area contributed by atoms with Crippen molar-refractivity contribution in [2.75, 3.05) is 13.7 Å². The van der Waals surface area contributed by atoms with Crippen LogP contribution in [0.2, 0.25) is 0 Å². The third kappa shape index (κ3) is 10.8. The molecule has 0 saturated heterocycles. The molecule has 42 valence electrons. The standard InChI is InChI=1S/C4H10O2.Ti/c1-4(5)3-6-2;/h4-5H,3H2,1-2H3;. The van der Waals surface area contributed by atoms with Crippen LogP contribution >= 0.6 is 0 Å². The first-order valence-electron chi connectivity index (χ1n) is 1.94. The third-order valence-corrected chi connectivity index (χ3v) is 0.408. The van der Waals surface area contributed by atoms with Gasteiger partial charge in [0.2, 0.25) is 0 Å². The van der Waals surface area contributed by atoms with Crippen molar-refractivity contribution < 1.29 is 31.6 Å². The quantitative estimate of drug-likeness (QED) is 0.544. The van der Waals surface area contributed by atoms with Crippen LogP contribution in [0.5, 0.6) is 0 Å². The molecule has 0 amide bonds. The molecule has 0 rings (SSSR count). The number of rotatable bonds is 2. The molecule has 3 heteroatoms. The predicted molar refractivity (Wildman–Crippen MR) is 23.6 cm³/mol. The van der Waals surface area contributed by atoms with Crippen molar-refractivity contribution in [3.05, 3.63) is 0 Å². The summed E-state index contributed by atoms with van der Waals surface area (Å²) in [6.07, 6.45) is -0.324. The molecule has 0 aromatic rings. The molecular weight excluding hydrogens is 128 g/mol. The Balaban J connectivity index is 0. The van der Waals surface area contributed by atoms with E-state index in [1.807, 2.05) is 0 Å². The Bertz CT molecular complexity index is 30.9. The van der Waals surface area contributed by atoms with Gasteiger partial charge in [-0.1, -0.05) is 0 Å². The Hall–Kier alpha value is 0.634. The Morgan fingerprint density at radius 3 is 2.14 bits per heavy atom. The average Bonchev–Trinajstić information content (AvgIpc) is 1.35. The fourth-order valence-corrected chi connectivity index (χ4v) is 0.241. The van der Waals surface area contributed by atoms with E-state index in [0.717, 1.165) is 0 Å². The molecule has 0 radical (unpaired) electrons. The average molecular weight is 138 g/mol. The first-order valence-corrected chi connectivity index (χ1v) is 1.94. The molecule has 0 aliphatic carbocycles. The van der Waals surface area contributed by atoms with Gasteiger partial charge in [-0.3, -0.25) is 0 Å². The van der Waals surface area contributed by atoms with Crippen molar-refractivity contribution in [1.82, 2.24) is 0 Å². The molecule has 0 aliphatic rings. The van der Waals surface area contributed by atoms with Crippen LogP contribution in [0.1, 0.15) is 6.92 Å². The van der Waals surface area contributed by atoms with Crippen LogP contribution < -0.4 is 0 Å². The van der Waals surface area contributed by atoms with Crippen molar-refractivity contribution in [1.29, 1.82) is 0 Å². The van der Waals surface area contributed by atoms with E-state index in [4.69, 9.17) is 5.11 Å². The van der Waals surface area contributed by atoms with Gasteiger partial charge in [0.05, 0.1) is 12.7 Å². The van der Waals surface area contributed by atoms with Gasteiger partial charge in [-0.2, -0.15) is 0 Å². The van der Waals surface area contributed by atoms with Gasteiger partial charge in [-0.25, -0.2) is 0 Å². The smallest absolute Gasteiger partial charge is 0.0745 e. The van der Waals surface area contributed by atoms with Crippen LogP contribution in [0.3, 0.4) is 0 Å². The summed E-state index contributed by atoms with van der Waals surface area (Å²) in [5.74, 6) is 0. The van der Waals surface area contributed by atoms with Crippen molar-refractivity contribution in [3.63, 3.8) is 0 Å². The summed E-state index contributed by atoms with van der Waals surface area (Å²) in [5.41, 5.74) is 0. The molecule has 0 aromatic carbocycles. The van der Waals surface area contributed by atoms with E-state index in [0.29, 0.717) is 6.61 Å². The molecule has 0 saturated carbocycles. The summed E-state index contributed by atoms with van der Waals surface area (Å²) in [7, 11) is 1.56. The fraction of sp³-hybridized carbons (Fsp3) is 1.00. The number of hydrogen-bond acceptors (Lipinski definition) is 2. The Morgan fingerprint density at radius 1 is 1.71 bits per heavy atom. The van der Waals surface area contributed by atoms with Crippen LogP contribution in [0.25, 0.3) is 0 Å². The number of aliphatic hydroxyl groups is 1. The number of aliphatic hydroxyl groups excluding tert-OH is 1. The van der Waals surface area contributed by atoms with Crippen LogP contribution in [0.15, 0.2) is 0 Å². The van der Waals surface area contributed by atoms with Gasteiger partial charge in [0.1, 0.15) is 0 Å². The zero-order valence-electron chi connectivity index (χ0n) is 4.64. The van der Waals surface area contributed by atoms with E-state index in [1.165, 1.54) is 0 Å². The van der Waals surface area contributed by atoms with Crippen LogP contribution in [0.4, 0.5) is 0 Å². The minimum absolute atomic E-state index is 0. The second-order valence-electron chi connectivity index (χ2n) is 1.30. The Labute approximate surface area is 58.7 Å². The molecule has 7 heavy (non-hydrogen) atoms. The molecule has 1 atom stereocenters. The third-order valence-electron chi connectivity index (χ3n) is 0.408. The predicted octanol–water partition coefficient (Wildman–Crippen LogP) is 0.0111. The van der Waals surface area contributed by atoms with Gasteiger partial charge >= 0.3 is 0 Å². The number of ether oxygens (including phenoxy) is 1. The van der Waals surface area contributed by atoms with Gasteiger partial charge < -0.3 is 9.84 Å². The van der Waals surface area contributed by atoms with E-state index in [9.17, 15) is 0 Å². The first-order chi connectivity index (χ1) is 2.77. The molecule has 1 unspecified atom stereocenters. The number of methoxy groups -OCH3 is 1. The van der Waals surface area contributed by atoms with E-state index < -0.39 is 0 Å². The minimum atomic E-state index is -0.324. The molecule has 0 spiro atoms. The topological polar surface area (TPSA) is 29.5 Å². The van der Waals surface area contributed by atoms with Gasteiger partial charge in [0.25, 0.3) is 0 Å². The van der Waals surface area contributed by atoms with E-state index in [-0.39, 0.29) is 27.8 Å². The van der Waals surface area contributed by atoms with Crippen molar-refractivity contribution >= 4 is 0 Å². The van der Waals surface area contributed by atoms with Gasteiger partial charge in [-0.15, -0.1) is 0 Å². The zero-order valence-corrected chi connectivity index (χ0v) is 6.20. The van der Waals surface area contributed by atoms with Gasteiger partial charge in [0, 0.05) is 28.8 Å². The monoisotopic (exact) mass is 138 g/mol. The second-order valence-corrected chi connectivity index (χ2v) is 1.30. The molecule has 0 heterocycles. The molecule has 0 aromatic heterocycles. The van der Waals surface area contributed by atoms with Gasteiger partial charge in [0.15, 0.2) is 0 Å². The first kappa shape index (κ1) is 10.6. The van der Waals surface area contributed by atoms with E-state index in [1.54, 1.807) is 14.0 Å². The van der Waals surface area contributed by atoms with Crippen LogP contribution in [0, 0.1) is 0 Å². The summed E-state index contributed by atoms with van der Waals surface area (Å²) in [6, 6.07) is 0. The summed E-state index contributed by atoms with van der Waals surface area (Å²) >= 11 is 0. The largest absolute Gasteiger partial charge is 0.391 e. The molecule has 0 aliphatic heterocycles. The molecule has 1 N–H and O–H groups in total. The molecule has 0 fully saturated rings. The van der Waals surface area contributed by atoms with Gasteiger partial charge in [-0.05, 0) is 6.92 Å². The molecule has 0 bridgehead atoms. The van der Waals surface area contributed by atoms with Crippen molar-refractivity contribution in [2.45, 2.75) is 13.0 Å². The SMILES string of the molecule is COCC(C)O.[Ti]. The number of hydrogen-bond donors (Lipinski definition) is 1. The Kier molecular flexibility index (Phi) is 10.0. The molecule has 2 nitrogen and oxygen atoms in total. The van der Waals surface area contributed by atoms with Crippen LogP contribution in [-0.4, -0.2) is 24.9 Å². The normalized spacial score (nSPS) is 12.4. The summed E-state index contributed by atoms with van der Waals surface area (Å²) in [5, 5.41) is 8.43. The minimum Gasteiger partial charge on any atom is -0.391 e. The summed E-state index contributed by atoms with van der Waals surface area (Å²) in [6.45, 7) is 2.11. The fourth-order valence-electron chi connectivity index (χ4n) is 0.241. The maximum atomic E-state index is 8.43. The summed E-state index contributed by atoms with van der Waals surface area (Å²) < 4.78 is 4.55. The maximum Gasteiger partial charge on any atom is 0.0745 e. The van der Waals surface area contributed by atoms with E-state index in [2.05, 4.69) is 4.74 Å². The zero-order chi connectivity index (χ0) is 4.99. The van der Waals surface area contributed by atoms with Crippen molar-refractivity contribution in [3.8, 4) is 0 Å².